The summed E-state index contributed by atoms with van der Waals surface area (Å²) in [6.07, 6.45) is 4.24. The molecule has 3 aromatic rings. The first-order valence-electron chi connectivity index (χ1n) is 11.9. The number of piperidine rings is 1. The molecule has 0 amide bonds. The lowest BCUT2D eigenvalue weighted by Gasteiger charge is -2.38. The molecule has 186 valence electrons. The minimum atomic E-state index is -0.429. The second-order valence-corrected chi connectivity index (χ2v) is 9.03. The topological polar surface area (TPSA) is 114 Å². The summed E-state index contributed by atoms with van der Waals surface area (Å²) in [5.74, 6) is 1.36. The molecule has 0 aliphatic carbocycles. The first-order chi connectivity index (χ1) is 17.5. The Labute approximate surface area is 208 Å². The summed E-state index contributed by atoms with van der Waals surface area (Å²) in [6.45, 7) is 2.62. The highest BCUT2D eigenvalue weighted by Crippen LogP contribution is 2.44. The minimum absolute atomic E-state index is 0.00517. The molecule has 0 atom stereocenters. The van der Waals surface area contributed by atoms with Crippen LogP contribution in [0.15, 0.2) is 36.5 Å². The van der Waals surface area contributed by atoms with Crippen molar-refractivity contribution in [2.45, 2.75) is 25.3 Å². The van der Waals surface area contributed by atoms with E-state index >= 15 is 0 Å². The van der Waals surface area contributed by atoms with Crippen molar-refractivity contribution in [2.24, 2.45) is 0 Å². The fourth-order valence-corrected chi connectivity index (χ4v) is 5.05. The molecule has 0 N–H and O–H groups in total. The van der Waals surface area contributed by atoms with Crippen LogP contribution < -0.4 is 19.1 Å². The zero-order valence-electron chi connectivity index (χ0n) is 20.3. The monoisotopic (exact) mass is 489 g/mol. The van der Waals surface area contributed by atoms with Gasteiger partial charge >= 0.3 is 5.69 Å². The Morgan fingerprint density at radius 3 is 2.81 bits per heavy atom. The van der Waals surface area contributed by atoms with Crippen molar-refractivity contribution in [3.8, 4) is 23.3 Å². The number of aromatic nitrogens is 1. The number of hydrogen-bond acceptors (Lipinski definition) is 9. The van der Waals surface area contributed by atoms with Crippen molar-refractivity contribution in [1.29, 1.82) is 5.26 Å². The summed E-state index contributed by atoms with van der Waals surface area (Å²) in [7, 11) is 3.60. The predicted molar refractivity (Wildman–Crippen MR) is 134 cm³/mol. The van der Waals surface area contributed by atoms with Gasteiger partial charge in [-0.3, -0.25) is 15.1 Å². The van der Waals surface area contributed by atoms with Crippen LogP contribution in [-0.4, -0.2) is 61.4 Å². The molecule has 1 aromatic heterocycles. The number of methoxy groups -OCH3 is 1. The number of likely N-dealkylation sites (tertiary alicyclic amines) is 1. The number of ether oxygens (including phenoxy) is 3. The van der Waals surface area contributed by atoms with Gasteiger partial charge in [-0.25, -0.2) is 0 Å². The average molecular weight is 490 g/mol. The van der Waals surface area contributed by atoms with Crippen molar-refractivity contribution >= 4 is 22.3 Å². The summed E-state index contributed by atoms with van der Waals surface area (Å²) in [5, 5.41) is 22.1. The van der Waals surface area contributed by atoms with Gasteiger partial charge in [0.05, 0.1) is 23.1 Å². The first kappa shape index (κ1) is 23.6. The highest BCUT2D eigenvalue weighted by molar-refractivity contribution is 5.85. The molecule has 10 nitrogen and oxygen atoms in total. The zero-order chi connectivity index (χ0) is 25.2. The van der Waals surface area contributed by atoms with Crippen LogP contribution in [0.1, 0.15) is 24.0 Å². The number of anilines is 1. The number of pyridine rings is 1. The number of hydrogen-bond donors (Lipinski definition) is 0. The van der Waals surface area contributed by atoms with Crippen LogP contribution in [0.25, 0.3) is 10.9 Å². The molecule has 0 spiro atoms. The minimum Gasteiger partial charge on any atom is -0.497 e. The molecule has 3 heterocycles. The van der Waals surface area contributed by atoms with Gasteiger partial charge < -0.3 is 24.0 Å². The quantitative estimate of drug-likeness (QED) is 0.360. The molecule has 0 bridgehead atoms. The lowest BCUT2D eigenvalue weighted by molar-refractivity contribution is -0.385. The fraction of sp³-hybridized carbons (Fsp3) is 0.385. The molecule has 36 heavy (non-hydrogen) atoms. The summed E-state index contributed by atoms with van der Waals surface area (Å²) >= 11 is 0. The predicted octanol–water partition coefficient (Wildman–Crippen LogP) is 3.90. The van der Waals surface area contributed by atoms with Crippen LogP contribution >= 0.6 is 0 Å². The van der Waals surface area contributed by atoms with E-state index in [9.17, 15) is 15.4 Å². The van der Waals surface area contributed by atoms with Gasteiger partial charge in [-0.15, -0.1) is 0 Å². The van der Waals surface area contributed by atoms with E-state index in [2.05, 4.69) is 20.9 Å². The second kappa shape index (κ2) is 9.87. The summed E-state index contributed by atoms with van der Waals surface area (Å²) in [4.78, 5) is 20.0. The number of rotatable bonds is 7. The van der Waals surface area contributed by atoms with Gasteiger partial charge in [0.25, 0.3) is 0 Å². The second-order valence-electron chi connectivity index (χ2n) is 9.03. The maximum Gasteiger partial charge on any atom is 0.317 e. The van der Waals surface area contributed by atoms with Crippen LogP contribution in [-0.2, 0) is 6.42 Å². The number of nitro benzene ring substituents is 1. The summed E-state index contributed by atoms with van der Waals surface area (Å²) < 4.78 is 16.1. The van der Waals surface area contributed by atoms with Crippen LogP contribution in [0.4, 0.5) is 11.4 Å². The Kier molecular flexibility index (Phi) is 6.48. The largest absolute Gasteiger partial charge is 0.497 e. The average Bonchev–Trinajstić information content (AvgIpc) is 3.39. The lowest BCUT2D eigenvalue weighted by Crippen LogP contribution is -2.44. The van der Waals surface area contributed by atoms with Gasteiger partial charge in [0, 0.05) is 62.1 Å². The number of nitro groups is 1. The molecule has 0 saturated carbocycles. The fourth-order valence-electron chi connectivity index (χ4n) is 5.05. The van der Waals surface area contributed by atoms with Gasteiger partial charge in [0.15, 0.2) is 5.75 Å². The molecule has 2 aliphatic heterocycles. The third-order valence-electron chi connectivity index (χ3n) is 7.13. The molecular weight excluding hydrogens is 462 g/mol. The lowest BCUT2D eigenvalue weighted by atomic mass is 9.99. The molecule has 0 unspecified atom stereocenters. The van der Waals surface area contributed by atoms with E-state index in [4.69, 9.17) is 14.2 Å². The van der Waals surface area contributed by atoms with E-state index in [1.54, 1.807) is 19.4 Å². The SMILES string of the molecule is COc1ccc2ncc(C#N)c(CCN3CCC(N(C)c4cc5c(c([N+](=O)[O-])c4)OCO5)CC3)c2c1. The summed E-state index contributed by atoms with van der Waals surface area (Å²) in [5.41, 5.74) is 3.12. The summed E-state index contributed by atoms with van der Waals surface area (Å²) in [6, 6.07) is 11.7. The third kappa shape index (κ3) is 4.45. The highest BCUT2D eigenvalue weighted by Gasteiger charge is 2.30. The first-order valence-corrected chi connectivity index (χ1v) is 11.9. The zero-order valence-corrected chi connectivity index (χ0v) is 20.3. The number of benzene rings is 2. The van der Waals surface area contributed by atoms with Gasteiger partial charge in [-0.1, -0.05) is 0 Å². The van der Waals surface area contributed by atoms with Crippen LogP contribution in [0.2, 0.25) is 0 Å². The molecular formula is C26H27N5O5. The van der Waals surface area contributed by atoms with Gasteiger partial charge in [-0.05, 0) is 43.0 Å². The number of fused-ring (bicyclic) bond motifs is 2. The standard InChI is InChI=1S/C26H27N5O5/c1-29(19-11-24(31(32)33)26-25(12-19)35-16-36-26)18-5-8-30(9-6-18)10-7-21-17(14-27)15-28-23-4-3-20(34-2)13-22(21)23/h3-4,11-13,15,18H,5-10,16H2,1-2H3. The Bertz CT molecular complexity index is 1350. The van der Waals surface area contributed by atoms with E-state index in [1.165, 1.54) is 0 Å². The van der Waals surface area contributed by atoms with E-state index in [0.717, 1.165) is 66.8 Å². The van der Waals surface area contributed by atoms with Crippen molar-refractivity contribution in [1.82, 2.24) is 9.88 Å². The van der Waals surface area contributed by atoms with Crippen molar-refractivity contribution in [3.63, 3.8) is 0 Å². The Balaban J connectivity index is 1.25. The smallest absolute Gasteiger partial charge is 0.317 e. The van der Waals surface area contributed by atoms with Gasteiger partial charge in [-0.2, -0.15) is 5.26 Å². The maximum absolute atomic E-state index is 11.5. The van der Waals surface area contributed by atoms with E-state index in [0.29, 0.717) is 11.3 Å². The Hall–Kier alpha value is -4.10. The van der Waals surface area contributed by atoms with E-state index in [-0.39, 0.29) is 24.3 Å². The van der Waals surface area contributed by atoms with Gasteiger partial charge in [0.1, 0.15) is 11.8 Å². The number of nitriles is 1. The van der Waals surface area contributed by atoms with Crippen LogP contribution in [0, 0.1) is 21.4 Å². The van der Waals surface area contributed by atoms with E-state index in [1.807, 2.05) is 31.3 Å². The van der Waals surface area contributed by atoms with Crippen molar-refractivity contribution in [3.05, 3.63) is 57.8 Å². The normalized spacial score (nSPS) is 15.6. The Morgan fingerprint density at radius 2 is 2.08 bits per heavy atom. The van der Waals surface area contributed by atoms with E-state index < -0.39 is 4.92 Å². The highest BCUT2D eigenvalue weighted by atomic mass is 16.7. The van der Waals surface area contributed by atoms with Crippen LogP contribution in [0.5, 0.6) is 17.2 Å². The van der Waals surface area contributed by atoms with Crippen molar-refractivity contribution in [2.75, 3.05) is 45.5 Å². The molecule has 1 fully saturated rings. The molecule has 2 aromatic carbocycles. The Morgan fingerprint density at radius 1 is 1.28 bits per heavy atom. The van der Waals surface area contributed by atoms with Crippen LogP contribution in [0.3, 0.4) is 0 Å². The molecule has 0 radical (unpaired) electrons. The number of nitrogens with zero attached hydrogens (tertiary/aromatic N) is 5. The molecule has 5 rings (SSSR count). The van der Waals surface area contributed by atoms with Gasteiger partial charge in [0.2, 0.25) is 12.5 Å². The molecule has 1 saturated heterocycles. The molecule has 2 aliphatic rings. The van der Waals surface area contributed by atoms with Crippen molar-refractivity contribution < 1.29 is 19.1 Å². The molecule has 10 heteroatoms. The third-order valence-corrected chi connectivity index (χ3v) is 7.13. The maximum atomic E-state index is 11.5.